The maximum Gasteiger partial charge on any atom is 0.375 e. The molecule has 10 atom stereocenters. The monoisotopic (exact) mass is 634 g/mol. The number of cyclic esters (lactones) is 1. The molecule has 0 spiro atoms. The van der Waals surface area contributed by atoms with E-state index >= 15 is 0 Å². The zero-order valence-electron chi connectivity index (χ0n) is 26.5. The quantitative estimate of drug-likeness (QED) is 0.260. The Hall–Kier alpha value is -2.37. The highest BCUT2D eigenvalue weighted by Crippen LogP contribution is 2.69. The second kappa shape index (κ2) is 12.1. The minimum absolute atomic E-state index is 0.0407. The smallest absolute Gasteiger partial charge is 0.375 e. The van der Waals surface area contributed by atoms with E-state index in [1.165, 1.54) is 0 Å². The summed E-state index contributed by atoms with van der Waals surface area (Å²) in [5.41, 5.74) is -0.510. The molecule has 0 aromatic heterocycles. The fraction of sp³-hybridized carbons (Fsp3) is 0.697. The van der Waals surface area contributed by atoms with Crippen LogP contribution in [0.4, 0.5) is 5.69 Å². The summed E-state index contributed by atoms with van der Waals surface area (Å²) in [6.45, 7) is 8.48. The molecule has 1 aromatic carbocycles. The molecule has 5 N–H and O–H groups in total. The third-order valence-corrected chi connectivity index (χ3v) is 12.0. The van der Waals surface area contributed by atoms with Crippen LogP contribution in [0, 0.1) is 34.5 Å². The van der Waals surface area contributed by atoms with Crippen LogP contribution in [0.5, 0.6) is 0 Å². The molecular formula is C33H47ClN2O8. The number of benzene rings is 1. The molecule has 11 heteroatoms. The summed E-state index contributed by atoms with van der Waals surface area (Å²) in [4.78, 5) is 26.4. The molecule has 1 aliphatic heterocycles. The SMILES string of the molecule is CNc1ccc(Cl)cc1C(=O)OC1(C)C(O)CCC2(C)C3CC(OC)C(C)C(C4=C(O)C(=O)OC4NCCO)C3(C)CCC21. The number of aliphatic hydroxyl groups is 3. The van der Waals surface area contributed by atoms with Crippen molar-refractivity contribution in [2.75, 3.05) is 32.6 Å². The standard InChI is InChI=1S/C33H47ClN2O8/c1-17-21(42-6)16-23-31(2)12-10-24(38)33(4,44-29(40)19-15-18(34)7-8-20(19)35-5)22(31)9-11-32(23,3)26(17)25-27(39)30(41)43-28(25)36-13-14-37/h7-8,15,17,21-24,26,28,35-39H,9-14,16H2,1-6H3. The third-order valence-electron chi connectivity index (χ3n) is 11.8. The Morgan fingerprint density at radius 2 is 1.86 bits per heavy atom. The number of anilines is 1. The van der Waals surface area contributed by atoms with Gasteiger partial charge < -0.3 is 34.8 Å². The van der Waals surface area contributed by atoms with Gasteiger partial charge in [0.2, 0.25) is 5.76 Å². The molecule has 10 nitrogen and oxygen atoms in total. The number of methoxy groups -OCH3 is 1. The Bertz CT molecular complexity index is 1320. The second-order valence-corrected chi connectivity index (χ2v) is 14.3. The van der Waals surface area contributed by atoms with E-state index in [-0.39, 0.29) is 59.5 Å². The fourth-order valence-corrected chi connectivity index (χ4v) is 9.93. The first-order valence-electron chi connectivity index (χ1n) is 15.7. The van der Waals surface area contributed by atoms with Crippen LogP contribution < -0.4 is 10.6 Å². The van der Waals surface area contributed by atoms with Gasteiger partial charge >= 0.3 is 11.9 Å². The molecule has 44 heavy (non-hydrogen) atoms. The average Bonchev–Trinajstić information content (AvgIpc) is 3.26. The molecule has 4 aliphatic rings. The van der Waals surface area contributed by atoms with Crippen LogP contribution in [-0.4, -0.2) is 78.6 Å². The summed E-state index contributed by atoms with van der Waals surface area (Å²) in [5.74, 6) is -2.14. The fourth-order valence-electron chi connectivity index (χ4n) is 9.76. The van der Waals surface area contributed by atoms with E-state index in [4.69, 9.17) is 25.8 Å². The van der Waals surface area contributed by atoms with Crippen molar-refractivity contribution in [2.24, 2.45) is 34.5 Å². The molecule has 5 rings (SSSR count). The number of ether oxygens (including phenoxy) is 3. The molecular weight excluding hydrogens is 588 g/mol. The van der Waals surface area contributed by atoms with Crippen LogP contribution in [0.15, 0.2) is 29.5 Å². The van der Waals surface area contributed by atoms with E-state index in [2.05, 4.69) is 31.4 Å². The molecule has 10 unspecified atom stereocenters. The normalized spacial score (nSPS) is 40.2. The lowest BCUT2D eigenvalue weighted by Crippen LogP contribution is -2.67. The maximum absolute atomic E-state index is 13.7. The number of carbonyl (C=O) groups excluding carboxylic acids is 2. The first-order chi connectivity index (χ1) is 20.8. The minimum atomic E-state index is -1.17. The third kappa shape index (κ3) is 5.11. The molecule has 0 radical (unpaired) electrons. The predicted octanol–water partition coefficient (Wildman–Crippen LogP) is 4.44. The maximum atomic E-state index is 13.7. The van der Waals surface area contributed by atoms with Gasteiger partial charge in [-0.05, 0) is 85.8 Å². The summed E-state index contributed by atoms with van der Waals surface area (Å²) in [5, 5.41) is 38.6. The number of carbonyl (C=O) groups is 2. The minimum Gasteiger partial charge on any atom is -0.502 e. The van der Waals surface area contributed by atoms with E-state index in [1.807, 2.05) is 6.92 Å². The van der Waals surface area contributed by atoms with Crippen LogP contribution in [0.3, 0.4) is 0 Å². The average molecular weight is 635 g/mol. The Morgan fingerprint density at radius 3 is 2.52 bits per heavy atom. The topological polar surface area (TPSA) is 147 Å². The summed E-state index contributed by atoms with van der Waals surface area (Å²) < 4.78 is 18.0. The molecule has 1 aromatic rings. The molecule has 0 amide bonds. The largest absolute Gasteiger partial charge is 0.502 e. The van der Waals surface area contributed by atoms with Crippen molar-refractivity contribution in [3.05, 3.63) is 40.1 Å². The molecule has 3 fully saturated rings. The summed E-state index contributed by atoms with van der Waals surface area (Å²) in [7, 11) is 3.42. The summed E-state index contributed by atoms with van der Waals surface area (Å²) in [6.07, 6.45) is 1.40. The summed E-state index contributed by atoms with van der Waals surface area (Å²) >= 11 is 6.25. The van der Waals surface area contributed by atoms with Crippen molar-refractivity contribution in [1.29, 1.82) is 0 Å². The van der Waals surface area contributed by atoms with Crippen LogP contribution in [0.1, 0.15) is 70.2 Å². The van der Waals surface area contributed by atoms with Crippen LogP contribution in [0.25, 0.3) is 0 Å². The number of rotatable bonds is 8. The lowest BCUT2D eigenvalue weighted by Gasteiger charge is -2.67. The van der Waals surface area contributed by atoms with Crippen molar-refractivity contribution in [3.8, 4) is 0 Å². The number of hydrogen-bond acceptors (Lipinski definition) is 10. The van der Waals surface area contributed by atoms with Crippen molar-refractivity contribution in [3.63, 3.8) is 0 Å². The van der Waals surface area contributed by atoms with Gasteiger partial charge in [-0.1, -0.05) is 32.4 Å². The zero-order valence-corrected chi connectivity index (χ0v) is 27.2. The number of halogens is 1. The second-order valence-electron chi connectivity index (χ2n) is 13.8. The predicted molar refractivity (Wildman–Crippen MR) is 165 cm³/mol. The van der Waals surface area contributed by atoms with Gasteiger partial charge in [-0.25, -0.2) is 9.59 Å². The highest BCUT2D eigenvalue weighted by atomic mass is 35.5. The molecule has 1 heterocycles. The van der Waals surface area contributed by atoms with Gasteiger partial charge in [0.25, 0.3) is 0 Å². The van der Waals surface area contributed by atoms with Crippen LogP contribution in [0.2, 0.25) is 5.02 Å². The van der Waals surface area contributed by atoms with Gasteiger partial charge in [0.15, 0.2) is 6.23 Å². The summed E-state index contributed by atoms with van der Waals surface area (Å²) in [6, 6.07) is 5.01. The van der Waals surface area contributed by atoms with Gasteiger partial charge in [0.05, 0.1) is 24.4 Å². The van der Waals surface area contributed by atoms with Gasteiger partial charge in [0.1, 0.15) is 5.60 Å². The number of aliphatic hydroxyl groups excluding tert-OH is 3. The molecule has 3 aliphatic carbocycles. The Labute approximate surface area is 264 Å². The van der Waals surface area contributed by atoms with Crippen molar-refractivity contribution < 1.29 is 39.1 Å². The first-order valence-corrected chi connectivity index (χ1v) is 16.0. The lowest BCUT2D eigenvalue weighted by atomic mass is 9.38. The molecule has 0 bridgehead atoms. The van der Waals surface area contributed by atoms with Gasteiger partial charge in [-0.15, -0.1) is 0 Å². The highest BCUT2D eigenvalue weighted by molar-refractivity contribution is 6.31. The number of hydrogen-bond donors (Lipinski definition) is 5. The van der Waals surface area contributed by atoms with E-state index < -0.39 is 29.9 Å². The zero-order chi connectivity index (χ0) is 32.2. The Morgan fingerprint density at radius 1 is 1.16 bits per heavy atom. The molecule has 0 saturated heterocycles. The Kier molecular flexibility index (Phi) is 9.07. The number of fused-ring (bicyclic) bond motifs is 3. The van der Waals surface area contributed by atoms with Crippen LogP contribution in [-0.2, 0) is 19.0 Å². The number of esters is 2. The van der Waals surface area contributed by atoms with E-state index in [1.54, 1.807) is 32.4 Å². The lowest BCUT2D eigenvalue weighted by molar-refractivity contribution is -0.240. The Balaban J connectivity index is 1.55. The van der Waals surface area contributed by atoms with Crippen molar-refractivity contribution in [1.82, 2.24) is 5.32 Å². The van der Waals surface area contributed by atoms with Gasteiger partial charge in [0, 0.05) is 42.9 Å². The molecule has 244 valence electrons. The van der Waals surface area contributed by atoms with Gasteiger partial charge in [-0.3, -0.25) is 5.32 Å². The number of nitrogens with one attached hydrogen (secondary N) is 2. The van der Waals surface area contributed by atoms with Crippen LogP contribution >= 0.6 is 11.6 Å². The van der Waals surface area contributed by atoms with E-state index in [0.29, 0.717) is 41.1 Å². The first kappa shape index (κ1) is 33.0. The van der Waals surface area contributed by atoms with Crippen molar-refractivity contribution >= 4 is 29.2 Å². The van der Waals surface area contributed by atoms with Crippen molar-refractivity contribution in [2.45, 2.75) is 83.8 Å². The van der Waals surface area contributed by atoms with Gasteiger partial charge in [-0.2, -0.15) is 0 Å². The molecule has 3 saturated carbocycles. The van der Waals surface area contributed by atoms with E-state index in [0.717, 1.165) is 12.8 Å². The van der Waals surface area contributed by atoms with E-state index in [9.17, 15) is 24.9 Å². The highest BCUT2D eigenvalue weighted by Gasteiger charge is 2.68.